The molecule has 0 atom stereocenters. The summed E-state index contributed by atoms with van der Waals surface area (Å²) in [4.78, 5) is 30.1. The summed E-state index contributed by atoms with van der Waals surface area (Å²) in [6.45, 7) is 1.59. The molecule has 1 aliphatic rings. The quantitative estimate of drug-likeness (QED) is 0.489. The topological polar surface area (TPSA) is 123 Å². The first-order chi connectivity index (χ1) is 16.4. The molecule has 1 aromatic carbocycles. The Balaban J connectivity index is 1.69. The predicted octanol–water partition coefficient (Wildman–Crippen LogP) is 3.60. The minimum Gasteiger partial charge on any atom is -0.347 e. The van der Waals surface area contributed by atoms with Crippen molar-refractivity contribution in [1.82, 2.24) is 20.1 Å². The van der Waals surface area contributed by atoms with Crippen molar-refractivity contribution in [3.63, 3.8) is 0 Å². The monoisotopic (exact) mass is 543 g/mol. The van der Waals surface area contributed by atoms with Gasteiger partial charge < -0.3 is 10.6 Å². The largest absolute Gasteiger partial charge is 0.347 e. The van der Waals surface area contributed by atoms with Gasteiger partial charge in [0.15, 0.2) is 15.7 Å². The number of carbonyl (C=O) groups excluding carboxylic acids is 2. The molecule has 0 radical (unpaired) electrons. The van der Waals surface area contributed by atoms with Crippen molar-refractivity contribution in [3.8, 4) is 5.82 Å². The molecule has 0 saturated carbocycles. The van der Waals surface area contributed by atoms with Gasteiger partial charge >= 0.3 is 0 Å². The number of aromatic nitrogens is 3. The molecule has 184 valence electrons. The second-order valence-electron chi connectivity index (χ2n) is 7.82. The van der Waals surface area contributed by atoms with Crippen LogP contribution in [0.15, 0.2) is 36.5 Å². The summed E-state index contributed by atoms with van der Waals surface area (Å²) in [7, 11) is -3.18. The van der Waals surface area contributed by atoms with Crippen molar-refractivity contribution in [2.24, 2.45) is 0 Å². The van der Waals surface area contributed by atoms with Gasteiger partial charge in [0.1, 0.15) is 11.4 Å². The van der Waals surface area contributed by atoms with Crippen LogP contribution in [0.1, 0.15) is 38.5 Å². The molecule has 9 nitrogen and oxygen atoms in total. The third kappa shape index (κ3) is 5.29. The lowest BCUT2D eigenvalue weighted by molar-refractivity contribution is 0.0942. The second kappa shape index (κ2) is 9.51. The van der Waals surface area contributed by atoms with E-state index in [1.54, 1.807) is 6.92 Å². The molecule has 3 heterocycles. The van der Waals surface area contributed by atoms with Gasteiger partial charge in [-0.2, -0.15) is 5.10 Å². The molecule has 4 rings (SSSR count). The van der Waals surface area contributed by atoms with Crippen molar-refractivity contribution in [3.05, 3.63) is 69.1 Å². The van der Waals surface area contributed by atoms with E-state index in [9.17, 15) is 26.8 Å². The van der Waals surface area contributed by atoms with Crippen molar-refractivity contribution in [1.29, 1.82) is 0 Å². The van der Waals surface area contributed by atoms with Gasteiger partial charge in [-0.25, -0.2) is 26.9 Å². The van der Waals surface area contributed by atoms with Crippen LogP contribution in [0.25, 0.3) is 5.82 Å². The fraction of sp³-hybridized carbons (Fsp3) is 0.238. The number of aryl methyl sites for hydroxylation is 1. The van der Waals surface area contributed by atoms with E-state index in [1.165, 1.54) is 30.5 Å². The molecule has 2 N–H and O–H groups in total. The number of benzene rings is 1. The minimum atomic E-state index is -3.18. The van der Waals surface area contributed by atoms with Gasteiger partial charge in [-0.1, -0.05) is 23.2 Å². The molecule has 2 amide bonds. The van der Waals surface area contributed by atoms with Gasteiger partial charge in [0.2, 0.25) is 0 Å². The van der Waals surface area contributed by atoms with Gasteiger partial charge in [0.25, 0.3) is 18.2 Å². The lowest BCUT2D eigenvalue weighted by atomic mass is 10.1. The van der Waals surface area contributed by atoms with Crippen LogP contribution >= 0.6 is 23.2 Å². The zero-order valence-electron chi connectivity index (χ0n) is 17.9. The first kappa shape index (κ1) is 25.0. The Hall–Kier alpha value is -3.09. The number of carbonyl (C=O) groups is 2. The van der Waals surface area contributed by atoms with Crippen molar-refractivity contribution >= 4 is 50.5 Å². The summed E-state index contributed by atoms with van der Waals surface area (Å²) in [6, 6.07) is 6.12. The average Bonchev–Trinajstić information content (AvgIpc) is 3.20. The number of pyridine rings is 1. The molecule has 0 spiro atoms. The molecule has 3 aromatic rings. The maximum absolute atomic E-state index is 13.4. The molecule has 0 bridgehead atoms. The van der Waals surface area contributed by atoms with E-state index in [2.05, 4.69) is 20.7 Å². The van der Waals surface area contributed by atoms with Gasteiger partial charge in [0.05, 0.1) is 33.8 Å². The highest BCUT2D eigenvalue weighted by atomic mass is 35.5. The minimum absolute atomic E-state index is 0.0244. The molecule has 0 unspecified atom stereocenters. The number of hydrogen-bond donors (Lipinski definition) is 2. The fourth-order valence-electron chi connectivity index (χ4n) is 3.54. The highest BCUT2D eigenvalue weighted by molar-refractivity contribution is 7.92. The molecule has 14 heteroatoms. The molecular formula is C21H17Cl2F2N5O4S. The third-order valence-electron chi connectivity index (χ3n) is 5.15. The van der Waals surface area contributed by atoms with Crippen molar-refractivity contribution in [2.45, 2.75) is 19.4 Å². The van der Waals surface area contributed by atoms with E-state index < -0.39 is 39.8 Å². The summed E-state index contributed by atoms with van der Waals surface area (Å²) in [6.07, 6.45) is -1.61. The Labute approximate surface area is 208 Å². The van der Waals surface area contributed by atoms with Crippen LogP contribution in [-0.2, 0) is 9.84 Å². The van der Waals surface area contributed by atoms with Crippen LogP contribution in [0.4, 0.5) is 14.5 Å². The number of alkyl halides is 2. The number of hydrogen-bond acceptors (Lipinski definition) is 6. The first-order valence-corrected chi connectivity index (χ1v) is 12.6. The van der Waals surface area contributed by atoms with E-state index >= 15 is 0 Å². The van der Waals surface area contributed by atoms with Crippen LogP contribution in [0, 0.1) is 6.92 Å². The Morgan fingerprint density at radius 3 is 2.51 bits per heavy atom. The zero-order valence-corrected chi connectivity index (χ0v) is 20.3. The summed E-state index contributed by atoms with van der Waals surface area (Å²) in [5.41, 5.74) is -0.519. The zero-order chi connectivity index (χ0) is 25.5. The number of anilines is 1. The Bertz CT molecular complexity index is 1430. The summed E-state index contributed by atoms with van der Waals surface area (Å²) in [5, 5.41) is 9.19. The summed E-state index contributed by atoms with van der Waals surface area (Å²) < 4.78 is 50.5. The maximum Gasteiger partial charge on any atom is 0.282 e. The Morgan fingerprint density at radius 2 is 1.89 bits per heavy atom. The van der Waals surface area contributed by atoms with Crippen LogP contribution < -0.4 is 10.6 Å². The summed E-state index contributed by atoms with van der Waals surface area (Å²) >= 11 is 12.2. The number of halogens is 4. The normalized spacial score (nSPS) is 15.0. The SMILES string of the molecule is Cc1cc(Cl)cc(C(=O)NC2CS(=O)(=O)C2)c1NC(=O)c1cc(C(F)F)nn1-c1ncccc1Cl. The number of amides is 2. The molecule has 2 aromatic heterocycles. The highest BCUT2D eigenvalue weighted by Gasteiger charge is 2.35. The molecular weight excluding hydrogens is 527 g/mol. The number of nitrogens with one attached hydrogen (secondary N) is 2. The van der Waals surface area contributed by atoms with Crippen molar-refractivity contribution < 1.29 is 26.8 Å². The van der Waals surface area contributed by atoms with Crippen LogP contribution in [0.2, 0.25) is 10.0 Å². The second-order valence-corrected chi connectivity index (χ2v) is 10.8. The van der Waals surface area contributed by atoms with E-state index in [0.717, 1.165) is 10.7 Å². The Morgan fingerprint density at radius 1 is 1.17 bits per heavy atom. The molecule has 1 aliphatic heterocycles. The summed E-state index contributed by atoms with van der Waals surface area (Å²) in [5.74, 6) is -1.94. The van der Waals surface area contributed by atoms with E-state index in [-0.39, 0.29) is 44.3 Å². The lowest BCUT2D eigenvalue weighted by Crippen LogP contribution is -2.53. The molecule has 0 aliphatic carbocycles. The smallest absolute Gasteiger partial charge is 0.282 e. The van der Waals surface area contributed by atoms with Crippen LogP contribution in [-0.4, -0.2) is 52.5 Å². The third-order valence-corrected chi connectivity index (χ3v) is 7.49. The standard InChI is InChI=1S/C21H17Cl2F2N5O4S/c1-10-5-11(22)6-13(20(31)27-12-8-35(33,34)9-12)17(10)28-21(32)16-7-15(18(24)25)29-30(16)19-14(23)3-2-4-26-19/h2-7,12,18H,8-9H2,1H3,(H,27,31)(H,28,32). The number of nitrogens with zero attached hydrogens (tertiary/aromatic N) is 3. The number of rotatable bonds is 6. The Kier molecular flexibility index (Phi) is 6.80. The van der Waals surface area contributed by atoms with Gasteiger partial charge in [0, 0.05) is 11.2 Å². The lowest BCUT2D eigenvalue weighted by Gasteiger charge is -2.27. The number of sulfone groups is 1. The first-order valence-electron chi connectivity index (χ1n) is 10.1. The van der Waals surface area contributed by atoms with Gasteiger partial charge in [-0.15, -0.1) is 0 Å². The van der Waals surface area contributed by atoms with Crippen LogP contribution in [0.5, 0.6) is 0 Å². The molecule has 1 fully saturated rings. The average molecular weight is 544 g/mol. The van der Waals surface area contributed by atoms with Crippen LogP contribution in [0.3, 0.4) is 0 Å². The van der Waals surface area contributed by atoms with E-state index in [0.29, 0.717) is 5.56 Å². The van der Waals surface area contributed by atoms with E-state index in [4.69, 9.17) is 23.2 Å². The fourth-order valence-corrected chi connectivity index (χ4v) is 5.31. The van der Waals surface area contributed by atoms with Gasteiger partial charge in [-0.05, 0) is 42.8 Å². The van der Waals surface area contributed by atoms with E-state index in [1.807, 2.05) is 0 Å². The van der Waals surface area contributed by atoms with Gasteiger partial charge in [-0.3, -0.25) is 9.59 Å². The molecule has 1 saturated heterocycles. The van der Waals surface area contributed by atoms with Crippen molar-refractivity contribution in [2.75, 3.05) is 16.8 Å². The molecule has 35 heavy (non-hydrogen) atoms. The highest BCUT2D eigenvalue weighted by Crippen LogP contribution is 2.29. The predicted molar refractivity (Wildman–Crippen MR) is 125 cm³/mol. The maximum atomic E-state index is 13.4.